The number of rotatable bonds is 7. The number of nitrogens with one attached hydrogen (secondary N) is 3. The van der Waals surface area contributed by atoms with Crippen LogP contribution in [0.1, 0.15) is 75.8 Å². The van der Waals surface area contributed by atoms with E-state index in [0.717, 1.165) is 85.3 Å². The van der Waals surface area contributed by atoms with Crippen molar-refractivity contribution in [1.82, 2.24) is 30.4 Å². The first-order chi connectivity index (χ1) is 27.4. The van der Waals surface area contributed by atoms with Crippen LogP contribution in [0, 0.1) is 5.92 Å². The number of benzene rings is 2. The van der Waals surface area contributed by atoms with Gasteiger partial charge in [-0.2, -0.15) is 0 Å². The fourth-order valence-electron chi connectivity index (χ4n) is 8.84. The first kappa shape index (κ1) is 37.9. The molecule has 3 saturated heterocycles. The van der Waals surface area contributed by atoms with Gasteiger partial charge in [0.2, 0.25) is 17.8 Å². The van der Waals surface area contributed by atoms with E-state index in [0.29, 0.717) is 44.1 Å². The van der Waals surface area contributed by atoms with Gasteiger partial charge in [-0.15, -0.1) is 0 Å². The number of aromatic nitrogens is 2. The van der Waals surface area contributed by atoms with Crippen molar-refractivity contribution in [2.24, 2.45) is 10.9 Å². The van der Waals surface area contributed by atoms with Crippen LogP contribution >= 0.6 is 0 Å². The third kappa shape index (κ3) is 8.85. The van der Waals surface area contributed by atoms with Crippen LogP contribution in [0.4, 0.5) is 11.6 Å². The van der Waals surface area contributed by atoms with Crippen molar-refractivity contribution in [2.45, 2.75) is 76.8 Å². The summed E-state index contributed by atoms with van der Waals surface area (Å²) in [7, 11) is 0. The predicted octanol–water partition coefficient (Wildman–Crippen LogP) is 6.65. The van der Waals surface area contributed by atoms with Crippen LogP contribution in [-0.2, 0) is 14.3 Å². The smallest absolute Gasteiger partial charge is 0.233 e. The highest BCUT2D eigenvalue weighted by molar-refractivity contribution is 6.12. The number of fused-ring (bicyclic) bond motifs is 1. The van der Waals surface area contributed by atoms with Crippen LogP contribution in [0.5, 0.6) is 0 Å². The van der Waals surface area contributed by atoms with E-state index in [2.05, 4.69) is 116 Å². The van der Waals surface area contributed by atoms with Crippen LogP contribution in [0.15, 0.2) is 94.8 Å². The van der Waals surface area contributed by atoms with E-state index in [1.165, 1.54) is 29.7 Å². The zero-order chi connectivity index (χ0) is 38.4. The molecule has 1 aliphatic carbocycles. The summed E-state index contributed by atoms with van der Waals surface area (Å²) in [6.45, 7) is 10.5. The minimum Gasteiger partial charge on any atom is -0.371 e. The number of nitrogens with zero attached hydrogens (tertiary/aromatic N) is 5. The quantitative estimate of drug-likeness (QED) is 0.228. The Morgan fingerprint density at radius 2 is 1.77 bits per heavy atom. The lowest BCUT2D eigenvalue weighted by molar-refractivity contribution is -0.135. The maximum Gasteiger partial charge on any atom is 0.233 e. The van der Waals surface area contributed by atoms with Gasteiger partial charge in [-0.05, 0) is 118 Å². The molecule has 0 radical (unpaired) electrons. The molecule has 0 saturated carbocycles. The molecule has 5 heterocycles. The molecule has 0 spiro atoms. The molecule has 3 N–H and O–H groups in total. The molecular weight excluding hydrogens is 701 g/mol. The van der Waals surface area contributed by atoms with Gasteiger partial charge < -0.3 is 25.2 Å². The van der Waals surface area contributed by atoms with Gasteiger partial charge in [0.25, 0.3) is 0 Å². The van der Waals surface area contributed by atoms with Crippen molar-refractivity contribution in [1.29, 1.82) is 0 Å². The molecule has 5 aliphatic rings. The number of imide groups is 1. The summed E-state index contributed by atoms with van der Waals surface area (Å²) in [6, 6.07) is 16.0. The maximum atomic E-state index is 12.4. The van der Waals surface area contributed by atoms with E-state index in [4.69, 9.17) is 9.72 Å². The minimum absolute atomic E-state index is 0.154. The first-order valence-corrected chi connectivity index (χ1v) is 20.4. The third-order valence-electron chi connectivity index (χ3n) is 12.4. The number of hydrogen-bond acceptors (Lipinski definition) is 10. The average Bonchev–Trinajstić information content (AvgIpc) is 3.48. The van der Waals surface area contributed by atoms with E-state index < -0.39 is 0 Å². The second-order valence-electron chi connectivity index (χ2n) is 15.8. The zero-order valence-electron chi connectivity index (χ0n) is 32.7. The molecule has 11 heteroatoms. The number of amides is 2. The average molecular weight is 755 g/mol. The molecule has 292 valence electrons. The van der Waals surface area contributed by atoms with Crippen LogP contribution < -0.4 is 16.0 Å². The summed E-state index contributed by atoms with van der Waals surface area (Å²) in [5, 5.41) is 10.5. The van der Waals surface area contributed by atoms with Crippen molar-refractivity contribution in [3.05, 3.63) is 101 Å². The molecule has 4 aliphatic heterocycles. The number of anilines is 2. The minimum atomic E-state index is -0.204. The van der Waals surface area contributed by atoms with Crippen molar-refractivity contribution in [2.75, 3.05) is 51.4 Å². The summed E-state index contributed by atoms with van der Waals surface area (Å²) in [5.74, 6) is 0.624. The SMILES string of the molecule is C/C1=C(c2ccc3cnc(Nc4ccc(C5CCN(C6CCN(C7=CC=C(C8CCC(=O)NC8=O)CC=C7)CC6)CC5)cc4)nc3c2)/C=N\COCCN[C@H]1C. The largest absolute Gasteiger partial charge is 0.371 e. The van der Waals surface area contributed by atoms with Crippen molar-refractivity contribution < 1.29 is 14.3 Å². The van der Waals surface area contributed by atoms with Gasteiger partial charge in [0.15, 0.2) is 0 Å². The number of carbonyl (C=O) groups excluding carboxylic acids is 2. The normalized spacial score (nSPS) is 25.6. The summed E-state index contributed by atoms with van der Waals surface area (Å²) in [4.78, 5) is 43.3. The topological polar surface area (TPSA) is 124 Å². The Bertz CT molecular complexity index is 2070. The Morgan fingerprint density at radius 1 is 0.946 bits per heavy atom. The van der Waals surface area contributed by atoms with E-state index in [1.807, 2.05) is 12.4 Å². The number of aliphatic imine (C=N–C) groups is 1. The predicted molar refractivity (Wildman–Crippen MR) is 223 cm³/mol. The molecule has 2 amide bonds. The van der Waals surface area contributed by atoms with E-state index >= 15 is 0 Å². The van der Waals surface area contributed by atoms with Crippen LogP contribution in [0.2, 0.25) is 0 Å². The molecule has 0 bridgehead atoms. The molecule has 1 aromatic heterocycles. The van der Waals surface area contributed by atoms with Crippen LogP contribution in [0.25, 0.3) is 16.5 Å². The van der Waals surface area contributed by atoms with E-state index in [1.54, 1.807) is 0 Å². The summed E-state index contributed by atoms with van der Waals surface area (Å²) in [5.41, 5.74) is 8.97. The van der Waals surface area contributed by atoms with Crippen LogP contribution in [0.3, 0.4) is 0 Å². The number of ether oxygens (including phenoxy) is 1. The Morgan fingerprint density at radius 3 is 2.57 bits per heavy atom. The zero-order valence-corrected chi connectivity index (χ0v) is 32.7. The third-order valence-corrected chi connectivity index (χ3v) is 12.4. The first-order valence-electron chi connectivity index (χ1n) is 20.4. The molecule has 56 heavy (non-hydrogen) atoms. The molecule has 8 rings (SSSR count). The second-order valence-corrected chi connectivity index (χ2v) is 15.8. The number of hydrogen-bond donors (Lipinski definition) is 3. The highest BCUT2D eigenvalue weighted by atomic mass is 16.5. The standard InChI is InChI=1S/C45H54N8O3/c1-30-31(2)47-20-25-56-29-46-28-41(30)35-6-7-36-27-48-45(50-42(36)26-35)49-37-11-8-32(9-12-37)33-16-21-52(22-17-33)39-18-23-53(24-19-39)38-5-3-4-34(10-13-38)40-14-15-43(54)51-44(40)55/h3,5-13,26-28,31,33,39-40,47H,4,14-25,29H2,1-2H3,(H,48,49,50)(H,51,54,55)/b41-30+,46-28-/t31-,40?/m0/s1. The molecule has 11 nitrogen and oxygen atoms in total. The Balaban J connectivity index is 0.836. The summed E-state index contributed by atoms with van der Waals surface area (Å²) < 4.78 is 5.60. The molecule has 3 fully saturated rings. The lowest BCUT2D eigenvalue weighted by atomic mass is 9.88. The Kier molecular flexibility index (Phi) is 11.8. The van der Waals surface area contributed by atoms with Gasteiger partial charge in [0.1, 0.15) is 6.73 Å². The highest BCUT2D eigenvalue weighted by Crippen LogP contribution is 2.33. The fraction of sp³-hybridized carbons (Fsp3) is 0.444. The Labute approximate surface area is 330 Å². The molecule has 2 atom stereocenters. The molecule has 2 aromatic carbocycles. The van der Waals surface area contributed by atoms with Gasteiger partial charge in [0, 0.05) is 72.9 Å². The van der Waals surface area contributed by atoms with E-state index in [9.17, 15) is 9.59 Å². The molecule has 3 aromatic rings. The van der Waals surface area contributed by atoms with E-state index in [-0.39, 0.29) is 23.8 Å². The van der Waals surface area contributed by atoms with Crippen molar-refractivity contribution in [3.8, 4) is 0 Å². The van der Waals surface area contributed by atoms with Gasteiger partial charge in [-0.3, -0.25) is 19.9 Å². The lowest BCUT2D eigenvalue weighted by Gasteiger charge is -2.42. The second kappa shape index (κ2) is 17.4. The lowest BCUT2D eigenvalue weighted by Crippen LogP contribution is -2.47. The number of allylic oxidation sites excluding steroid dienone is 5. The molecule has 1 unspecified atom stereocenters. The van der Waals surface area contributed by atoms with Gasteiger partial charge in [0.05, 0.1) is 18.0 Å². The van der Waals surface area contributed by atoms with Gasteiger partial charge in [-0.25, -0.2) is 9.97 Å². The molecular formula is C45H54N8O3. The number of carbonyl (C=O) groups is 2. The summed E-state index contributed by atoms with van der Waals surface area (Å²) >= 11 is 0. The van der Waals surface area contributed by atoms with Crippen molar-refractivity contribution >= 4 is 46.1 Å². The monoisotopic (exact) mass is 754 g/mol. The summed E-state index contributed by atoms with van der Waals surface area (Å²) in [6.07, 6.45) is 18.9. The van der Waals surface area contributed by atoms with Crippen molar-refractivity contribution in [3.63, 3.8) is 0 Å². The van der Waals surface area contributed by atoms with Crippen LogP contribution in [-0.4, -0.2) is 95.9 Å². The maximum absolute atomic E-state index is 12.4. The van der Waals surface area contributed by atoms with Gasteiger partial charge in [-0.1, -0.05) is 42.0 Å². The Hall–Kier alpha value is -4.97. The fourth-order valence-corrected chi connectivity index (χ4v) is 8.84. The number of piperidine rings is 3. The van der Waals surface area contributed by atoms with Gasteiger partial charge >= 0.3 is 0 Å². The highest BCUT2D eigenvalue weighted by Gasteiger charge is 2.31. The number of likely N-dealkylation sites (tertiary alicyclic amines) is 2.